The first-order valence-electron chi connectivity index (χ1n) is 6.94. The zero-order valence-electron chi connectivity index (χ0n) is 11.7. The standard InChI is InChI=1S/C16H16N2O3/c1-10-8-18(9-12(10)16(20)21)15(19)14-7-6-11-4-2-3-5-13(11)17-14/h2-7,10,12H,8-9H2,1H3,(H,20,21). The maximum absolute atomic E-state index is 12.5. The first kappa shape index (κ1) is 13.5. The van der Waals surface area contributed by atoms with E-state index in [-0.39, 0.29) is 18.4 Å². The average molecular weight is 284 g/mol. The van der Waals surface area contributed by atoms with Gasteiger partial charge in [-0.25, -0.2) is 4.98 Å². The summed E-state index contributed by atoms with van der Waals surface area (Å²) in [6.07, 6.45) is 0. The van der Waals surface area contributed by atoms with Gasteiger partial charge in [0.15, 0.2) is 0 Å². The number of pyridine rings is 1. The lowest BCUT2D eigenvalue weighted by atomic mass is 9.99. The van der Waals surface area contributed by atoms with Crippen molar-refractivity contribution in [2.45, 2.75) is 6.92 Å². The van der Waals surface area contributed by atoms with E-state index in [0.29, 0.717) is 12.2 Å². The Kier molecular flexibility index (Phi) is 3.33. The maximum Gasteiger partial charge on any atom is 0.308 e. The molecule has 2 heterocycles. The molecule has 1 aromatic heterocycles. The highest BCUT2D eigenvalue weighted by molar-refractivity contribution is 5.95. The van der Waals surface area contributed by atoms with Gasteiger partial charge in [0.2, 0.25) is 0 Å². The van der Waals surface area contributed by atoms with Gasteiger partial charge in [0.25, 0.3) is 5.91 Å². The van der Waals surface area contributed by atoms with Crippen molar-refractivity contribution in [1.82, 2.24) is 9.88 Å². The number of aromatic nitrogens is 1. The topological polar surface area (TPSA) is 70.5 Å². The molecular formula is C16H16N2O3. The molecule has 2 atom stereocenters. The van der Waals surface area contributed by atoms with Crippen molar-refractivity contribution in [3.05, 3.63) is 42.1 Å². The summed E-state index contributed by atoms with van der Waals surface area (Å²) >= 11 is 0. The van der Waals surface area contributed by atoms with Gasteiger partial charge >= 0.3 is 5.97 Å². The van der Waals surface area contributed by atoms with Gasteiger partial charge in [-0.05, 0) is 18.1 Å². The van der Waals surface area contributed by atoms with E-state index < -0.39 is 11.9 Å². The van der Waals surface area contributed by atoms with Gasteiger partial charge in [0, 0.05) is 18.5 Å². The number of likely N-dealkylation sites (tertiary alicyclic amines) is 1. The molecule has 0 saturated carbocycles. The minimum Gasteiger partial charge on any atom is -0.481 e. The number of para-hydroxylation sites is 1. The van der Waals surface area contributed by atoms with Crippen LogP contribution in [0.15, 0.2) is 36.4 Å². The number of hydrogen-bond donors (Lipinski definition) is 1. The Morgan fingerprint density at radius 3 is 2.67 bits per heavy atom. The van der Waals surface area contributed by atoms with Crippen molar-refractivity contribution in [2.75, 3.05) is 13.1 Å². The van der Waals surface area contributed by atoms with Crippen molar-refractivity contribution < 1.29 is 14.7 Å². The first-order valence-corrected chi connectivity index (χ1v) is 6.94. The monoisotopic (exact) mass is 284 g/mol. The molecule has 1 amide bonds. The second kappa shape index (κ2) is 5.16. The van der Waals surface area contributed by atoms with Gasteiger partial charge in [0.1, 0.15) is 5.69 Å². The molecule has 0 bridgehead atoms. The summed E-state index contributed by atoms with van der Waals surface area (Å²) in [5.74, 6) is -1.57. The largest absolute Gasteiger partial charge is 0.481 e. The molecule has 1 aliphatic rings. The number of benzene rings is 1. The van der Waals surface area contributed by atoms with Gasteiger partial charge < -0.3 is 10.0 Å². The molecule has 108 valence electrons. The lowest BCUT2D eigenvalue weighted by Gasteiger charge is -2.15. The van der Waals surface area contributed by atoms with Crippen LogP contribution in [0.1, 0.15) is 17.4 Å². The Balaban J connectivity index is 1.86. The van der Waals surface area contributed by atoms with Crippen LogP contribution in [0.25, 0.3) is 10.9 Å². The van der Waals surface area contributed by atoms with Crippen LogP contribution in [0, 0.1) is 11.8 Å². The Labute approximate surface area is 122 Å². The molecule has 21 heavy (non-hydrogen) atoms. The van der Waals surface area contributed by atoms with Crippen molar-refractivity contribution >= 4 is 22.8 Å². The molecule has 2 unspecified atom stereocenters. The molecule has 3 rings (SSSR count). The number of nitrogens with zero attached hydrogens (tertiary/aromatic N) is 2. The number of carboxylic acids is 1. The van der Waals surface area contributed by atoms with Crippen LogP contribution < -0.4 is 0 Å². The third-order valence-electron chi connectivity index (χ3n) is 4.03. The van der Waals surface area contributed by atoms with E-state index in [1.807, 2.05) is 37.3 Å². The summed E-state index contributed by atoms with van der Waals surface area (Å²) in [7, 11) is 0. The van der Waals surface area contributed by atoms with Gasteiger partial charge in [-0.2, -0.15) is 0 Å². The molecule has 0 spiro atoms. The number of amides is 1. The second-order valence-electron chi connectivity index (χ2n) is 5.52. The highest BCUT2D eigenvalue weighted by Gasteiger charge is 2.37. The molecule has 5 heteroatoms. The molecule has 2 aromatic rings. The Morgan fingerprint density at radius 1 is 1.19 bits per heavy atom. The van der Waals surface area contributed by atoms with E-state index in [1.54, 1.807) is 11.0 Å². The predicted octanol–water partition coefficient (Wildman–Crippen LogP) is 2.03. The number of carbonyl (C=O) groups is 2. The molecule has 0 radical (unpaired) electrons. The Morgan fingerprint density at radius 2 is 1.95 bits per heavy atom. The van der Waals surface area contributed by atoms with Crippen LogP contribution in [0.5, 0.6) is 0 Å². The number of carboxylic acid groups (broad SMARTS) is 1. The lowest BCUT2D eigenvalue weighted by Crippen LogP contribution is -2.30. The predicted molar refractivity (Wildman–Crippen MR) is 77.9 cm³/mol. The summed E-state index contributed by atoms with van der Waals surface area (Å²) in [6.45, 7) is 2.58. The van der Waals surface area contributed by atoms with Crippen LogP contribution in [0.3, 0.4) is 0 Å². The Hall–Kier alpha value is -2.43. The quantitative estimate of drug-likeness (QED) is 0.916. The molecule has 1 N–H and O–H groups in total. The fourth-order valence-corrected chi connectivity index (χ4v) is 2.80. The first-order chi connectivity index (χ1) is 10.1. The summed E-state index contributed by atoms with van der Waals surface area (Å²) < 4.78 is 0. The lowest BCUT2D eigenvalue weighted by molar-refractivity contribution is -0.142. The smallest absolute Gasteiger partial charge is 0.308 e. The summed E-state index contributed by atoms with van der Waals surface area (Å²) in [6, 6.07) is 11.2. The normalized spacial score (nSPS) is 21.7. The summed E-state index contributed by atoms with van der Waals surface area (Å²) in [5.41, 5.74) is 1.14. The fraction of sp³-hybridized carbons (Fsp3) is 0.312. The summed E-state index contributed by atoms with van der Waals surface area (Å²) in [5, 5.41) is 10.1. The van der Waals surface area contributed by atoms with Crippen molar-refractivity contribution in [3.8, 4) is 0 Å². The van der Waals surface area contributed by atoms with Crippen molar-refractivity contribution in [3.63, 3.8) is 0 Å². The van der Waals surface area contributed by atoms with Crippen LogP contribution in [0.4, 0.5) is 0 Å². The zero-order valence-corrected chi connectivity index (χ0v) is 11.7. The van der Waals surface area contributed by atoms with Crippen LogP contribution >= 0.6 is 0 Å². The number of fused-ring (bicyclic) bond motifs is 1. The van der Waals surface area contributed by atoms with Crippen molar-refractivity contribution in [2.24, 2.45) is 11.8 Å². The van der Waals surface area contributed by atoms with Crippen LogP contribution in [-0.2, 0) is 4.79 Å². The number of hydrogen-bond acceptors (Lipinski definition) is 3. The minimum atomic E-state index is -0.843. The van der Waals surface area contributed by atoms with Crippen LogP contribution in [-0.4, -0.2) is 40.0 Å². The summed E-state index contributed by atoms with van der Waals surface area (Å²) in [4.78, 5) is 29.6. The third-order valence-corrected chi connectivity index (χ3v) is 4.03. The average Bonchev–Trinajstić information content (AvgIpc) is 2.88. The Bertz CT molecular complexity index is 713. The highest BCUT2D eigenvalue weighted by Crippen LogP contribution is 2.24. The van der Waals surface area contributed by atoms with Crippen molar-refractivity contribution in [1.29, 1.82) is 0 Å². The molecule has 1 saturated heterocycles. The van der Waals surface area contributed by atoms with Crippen LogP contribution in [0.2, 0.25) is 0 Å². The van der Waals surface area contributed by atoms with E-state index in [2.05, 4.69) is 4.98 Å². The van der Waals surface area contributed by atoms with E-state index in [4.69, 9.17) is 5.11 Å². The SMILES string of the molecule is CC1CN(C(=O)c2ccc3ccccc3n2)CC1C(=O)O. The highest BCUT2D eigenvalue weighted by atomic mass is 16.4. The zero-order chi connectivity index (χ0) is 15.0. The molecule has 1 aliphatic heterocycles. The van der Waals surface area contributed by atoms with E-state index in [9.17, 15) is 9.59 Å². The van der Waals surface area contributed by atoms with Gasteiger partial charge in [-0.15, -0.1) is 0 Å². The van der Waals surface area contributed by atoms with Gasteiger partial charge in [-0.3, -0.25) is 9.59 Å². The maximum atomic E-state index is 12.5. The molecule has 0 aliphatic carbocycles. The molecule has 5 nitrogen and oxygen atoms in total. The van der Waals surface area contributed by atoms with E-state index in [0.717, 1.165) is 10.9 Å². The van der Waals surface area contributed by atoms with Gasteiger partial charge in [-0.1, -0.05) is 31.2 Å². The molecular weight excluding hydrogens is 268 g/mol. The number of carbonyl (C=O) groups excluding carboxylic acids is 1. The minimum absolute atomic E-state index is 0.0353. The number of rotatable bonds is 2. The van der Waals surface area contributed by atoms with E-state index in [1.165, 1.54) is 0 Å². The number of aliphatic carboxylic acids is 1. The second-order valence-corrected chi connectivity index (χ2v) is 5.52. The molecule has 1 fully saturated rings. The van der Waals surface area contributed by atoms with Gasteiger partial charge in [0.05, 0.1) is 11.4 Å². The van der Waals surface area contributed by atoms with E-state index >= 15 is 0 Å². The fourth-order valence-electron chi connectivity index (χ4n) is 2.80. The third kappa shape index (κ3) is 2.46. The molecule has 1 aromatic carbocycles.